The summed E-state index contributed by atoms with van der Waals surface area (Å²) in [6.45, 7) is 0. The topological polar surface area (TPSA) is 61.0 Å². The van der Waals surface area contributed by atoms with Gasteiger partial charge in [-0.1, -0.05) is 133 Å². The fraction of sp³-hybridized carbons (Fsp3) is 0. The Morgan fingerprint density at radius 2 is 1.04 bits per heavy atom. The standard InChI is InChI=1S/C47H27N3O2/c1-2-12-29(13-3-1)32-16-8-19-35-33-17-9-18-34-36(25-26-41(42(33)34)52-44(32)35)46-48-45(31-24-23-28-11-4-5-14-30(28)27-31)49-47(50-46)38-20-10-22-40-43(38)37-15-6-7-21-39(37)51-40/h1-27H. The van der Waals surface area contributed by atoms with Crippen LogP contribution in [-0.4, -0.2) is 15.0 Å². The number of aromatic nitrogens is 3. The molecule has 5 nitrogen and oxygen atoms in total. The van der Waals surface area contributed by atoms with Crippen LogP contribution in [0.25, 0.3) is 99.9 Å². The zero-order valence-corrected chi connectivity index (χ0v) is 27.7. The number of furan rings is 1. The number of para-hydroxylation sites is 2. The molecule has 0 atom stereocenters. The van der Waals surface area contributed by atoms with E-state index in [0.29, 0.717) is 17.5 Å². The molecular formula is C47H27N3O2. The molecule has 0 aliphatic carbocycles. The van der Waals surface area contributed by atoms with Gasteiger partial charge in [0.2, 0.25) is 0 Å². The average molecular weight is 666 g/mol. The zero-order chi connectivity index (χ0) is 34.2. The maximum atomic E-state index is 6.77. The summed E-state index contributed by atoms with van der Waals surface area (Å²) < 4.78 is 13.0. The summed E-state index contributed by atoms with van der Waals surface area (Å²) in [5.74, 6) is 3.45. The third-order valence-corrected chi connectivity index (χ3v) is 10.1. The van der Waals surface area contributed by atoms with Crippen molar-refractivity contribution in [1.82, 2.24) is 15.0 Å². The van der Waals surface area contributed by atoms with Crippen LogP contribution in [0, 0.1) is 0 Å². The van der Waals surface area contributed by atoms with Crippen molar-refractivity contribution >= 4 is 43.5 Å². The van der Waals surface area contributed by atoms with E-state index in [1.165, 1.54) is 0 Å². The SMILES string of the molecule is c1ccc(-c2cccc3c2Oc2ccc(-c4nc(-c5ccc6ccccc6c5)nc(-c5cccc6oc7ccccc7c56)n4)c4cccc-3c24)cc1. The van der Waals surface area contributed by atoms with Crippen molar-refractivity contribution in [2.24, 2.45) is 0 Å². The third kappa shape index (κ3) is 4.39. The van der Waals surface area contributed by atoms with Crippen LogP contribution >= 0.6 is 0 Å². The molecule has 0 radical (unpaired) electrons. The van der Waals surface area contributed by atoms with Crippen molar-refractivity contribution in [3.8, 4) is 67.9 Å². The Morgan fingerprint density at radius 3 is 1.96 bits per heavy atom. The molecule has 10 aromatic rings. The van der Waals surface area contributed by atoms with E-state index in [0.717, 1.165) is 93.9 Å². The molecule has 0 amide bonds. The van der Waals surface area contributed by atoms with Crippen LogP contribution in [0.1, 0.15) is 0 Å². The fourth-order valence-electron chi connectivity index (χ4n) is 7.73. The van der Waals surface area contributed by atoms with E-state index < -0.39 is 0 Å². The molecular weight excluding hydrogens is 639 g/mol. The summed E-state index contributed by atoms with van der Waals surface area (Å²) in [5, 5.41) is 6.34. The lowest BCUT2D eigenvalue weighted by Gasteiger charge is -2.24. The molecule has 242 valence electrons. The number of hydrogen-bond acceptors (Lipinski definition) is 5. The summed E-state index contributed by atoms with van der Waals surface area (Å²) >= 11 is 0. The third-order valence-electron chi connectivity index (χ3n) is 10.1. The average Bonchev–Trinajstić information content (AvgIpc) is 3.60. The number of benzene rings is 8. The van der Waals surface area contributed by atoms with Gasteiger partial charge >= 0.3 is 0 Å². The van der Waals surface area contributed by atoms with E-state index in [-0.39, 0.29) is 0 Å². The van der Waals surface area contributed by atoms with Gasteiger partial charge in [0.1, 0.15) is 22.7 Å². The highest BCUT2D eigenvalue weighted by molar-refractivity contribution is 6.13. The van der Waals surface area contributed by atoms with E-state index in [1.807, 2.05) is 36.4 Å². The second-order valence-electron chi connectivity index (χ2n) is 13.1. The van der Waals surface area contributed by atoms with Gasteiger partial charge in [-0.05, 0) is 57.6 Å². The molecule has 5 heteroatoms. The van der Waals surface area contributed by atoms with Gasteiger partial charge in [0.25, 0.3) is 0 Å². The predicted octanol–water partition coefficient (Wildman–Crippen LogP) is 12.5. The largest absolute Gasteiger partial charge is 0.456 e. The van der Waals surface area contributed by atoms with E-state index in [9.17, 15) is 0 Å². The Balaban J connectivity index is 1.15. The second-order valence-corrected chi connectivity index (χ2v) is 13.1. The van der Waals surface area contributed by atoms with Gasteiger partial charge in [-0.15, -0.1) is 0 Å². The van der Waals surface area contributed by atoms with E-state index >= 15 is 0 Å². The Hall–Kier alpha value is -7.11. The molecule has 0 spiro atoms. The molecule has 52 heavy (non-hydrogen) atoms. The first-order chi connectivity index (χ1) is 25.8. The van der Waals surface area contributed by atoms with E-state index in [2.05, 4.69) is 127 Å². The number of hydrogen-bond donors (Lipinski definition) is 0. The van der Waals surface area contributed by atoms with Crippen molar-refractivity contribution < 1.29 is 9.15 Å². The molecule has 2 aromatic heterocycles. The quantitative estimate of drug-likeness (QED) is 0.187. The highest BCUT2D eigenvalue weighted by Gasteiger charge is 2.25. The Kier molecular flexibility index (Phi) is 6.18. The minimum atomic E-state index is 0.583. The van der Waals surface area contributed by atoms with Crippen LogP contribution in [0.4, 0.5) is 0 Å². The first-order valence-corrected chi connectivity index (χ1v) is 17.4. The summed E-state index contributed by atoms with van der Waals surface area (Å²) in [6.07, 6.45) is 0. The molecule has 0 saturated heterocycles. The predicted molar refractivity (Wildman–Crippen MR) is 209 cm³/mol. The minimum absolute atomic E-state index is 0.583. The summed E-state index contributed by atoms with van der Waals surface area (Å²) in [6, 6.07) is 56.2. The smallest absolute Gasteiger partial charge is 0.164 e. The maximum absolute atomic E-state index is 6.77. The summed E-state index contributed by atoms with van der Waals surface area (Å²) in [7, 11) is 0. The van der Waals surface area contributed by atoms with Crippen LogP contribution < -0.4 is 4.74 Å². The molecule has 3 heterocycles. The normalized spacial score (nSPS) is 12.0. The number of rotatable bonds is 4. The lowest BCUT2D eigenvalue weighted by Crippen LogP contribution is -2.03. The van der Waals surface area contributed by atoms with Crippen molar-refractivity contribution in [3.63, 3.8) is 0 Å². The van der Waals surface area contributed by atoms with Crippen LogP contribution in [0.15, 0.2) is 168 Å². The van der Waals surface area contributed by atoms with Gasteiger partial charge in [0.15, 0.2) is 17.5 Å². The molecule has 0 unspecified atom stereocenters. The van der Waals surface area contributed by atoms with Gasteiger partial charge in [-0.2, -0.15) is 0 Å². The molecule has 0 saturated carbocycles. The summed E-state index contributed by atoms with van der Waals surface area (Å²) in [4.78, 5) is 15.6. The molecule has 1 aliphatic heterocycles. The van der Waals surface area contributed by atoms with Gasteiger partial charge < -0.3 is 9.15 Å². The lowest BCUT2D eigenvalue weighted by molar-refractivity contribution is 0.489. The minimum Gasteiger partial charge on any atom is -0.456 e. The number of nitrogens with zero attached hydrogens (tertiary/aromatic N) is 3. The first kappa shape index (κ1) is 28.7. The van der Waals surface area contributed by atoms with Crippen LogP contribution in [0.2, 0.25) is 0 Å². The van der Waals surface area contributed by atoms with Gasteiger partial charge in [-0.3, -0.25) is 0 Å². The highest BCUT2D eigenvalue weighted by Crippen LogP contribution is 2.51. The van der Waals surface area contributed by atoms with Crippen molar-refractivity contribution in [3.05, 3.63) is 164 Å². The number of fused-ring (bicyclic) bond motifs is 6. The van der Waals surface area contributed by atoms with Crippen molar-refractivity contribution in [1.29, 1.82) is 0 Å². The van der Waals surface area contributed by atoms with Crippen molar-refractivity contribution in [2.75, 3.05) is 0 Å². The zero-order valence-electron chi connectivity index (χ0n) is 27.7. The van der Waals surface area contributed by atoms with Gasteiger partial charge in [0, 0.05) is 44.0 Å². The Bertz CT molecular complexity index is 3060. The molecule has 8 aromatic carbocycles. The fourth-order valence-corrected chi connectivity index (χ4v) is 7.73. The molecule has 11 rings (SSSR count). The van der Waals surface area contributed by atoms with Gasteiger partial charge in [-0.25, -0.2) is 15.0 Å². The van der Waals surface area contributed by atoms with Crippen LogP contribution in [0.3, 0.4) is 0 Å². The summed E-state index contributed by atoms with van der Waals surface area (Å²) in [5.41, 5.74) is 8.69. The number of ether oxygens (including phenoxy) is 1. The lowest BCUT2D eigenvalue weighted by atomic mass is 9.90. The first-order valence-electron chi connectivity index (χ1n) is 17.4. The van der Waals surface area contributed by atoms with E-state index in [4.69, 9.17) is 24.1 Å². The Labute approximate surface area is 298 Å². The molecule has 0 bridgehead atoms. The van der Waals surface area contributed by atoms with Gasteiger partial charge in [0.05, 0.1) is 0 Å². The van der Waals surface area contributed by atoms with E-state index in [1.54, 1.807) is 0 Å². The maximum Gasteiger partial charge on any atom is 0.164 e. The molecule has 1 aliphatic rings. The second kappa shape index (κ2) is 11.2. The molecule has 0 N–H and O–H groups in total. The van der Waals surface area contributed by atoms with Crippen LogP contribution in [-0.2, 0) is 0 Å². The monoisotopic (exact) mass is 665 g/mol. The van der Waals surface area contributed by atoms with Crippen molar-refractivity contribution in [2.45, 2.75) is 0 Å². The Morgan fingerprint density at radius 1 is 0.365 bits per heavy atom. The molecule has 0 fully saturated rings. The van der Waals surface area contributed by atoms with Crippen LogP contribution in [0.5, 0.6) is 11.5 Å². The highest BCUT2D eigenvalue weighted by atomic mass is 16.5.